The molecular weight excluding hydrogens is 192 g/mol. The van der Waals surface area contributed by atoms with Gasteiger partial charge in [0.25, 0.3) is 0 Å². The van der Waals surface area contributed by atoms with Gasteiger partial charge in [-0.2, -0.15) is 0 Å². The van der Waals surface area contributed by atoms with Gasteiger partial charge in [-0.25, -0.2) is 4.79 Å². The topological polar surface area (TPSA) is 76.2 Å². The summed E-state index contributed by atoms with van der Waals surface area (Å²) in [7, 11) is 0. The molecule has 1 aromatic heterocycles. The summed E-state index contributed by atoms with van der Waals surface area (Å²) in [4.78, 5) is 15.0. The molecule has 0 spiro atoms. The molecule has 0 aromatic carbocycles. The van der Waals surface area contributed by atoms with Crippen molar-refractivity contribution in [3.63, 3.8) is 0 Å². The van der Waals surface area contributed by atoms with E-state index in [0.29, 0.717) is 17.8 Å². The molecule has 1 aromatic rings. The van der Waals surface area contributed by atoms with Crippen molar-refractivity contribution in [2.75, 3.05) is 0 Å². The Morgan fingerprint density at radius 2 is 2.27 bits per heavy atom. The van der Waals surface area contributed by atoms with Crippen molar-refractivity contribution in [3.05, 3.63) is 35.8 Å². The number of nitrogens with zero attached hydrogens (tertiary/aromatic N) is 1. The molecule has 80 valence electrons. The summed E-state index contributed by atoms with van der Waals surface area (Å²) in [5, 5.41) is 9.05. The van der Waals surface area contributed by atoms with Gasteiger partial charge in [0.05, 0.1) is 5.69 Å². The van der Waals surface area contributed by atoms with E-state index < -0.39 is 5.97 Å². The van der Waals surface area contributed by atoms with Crippen molar-refractivity contribution in [1.29, 1.82) is 0 Å². The van der Waals surface area contributed by atoms with Gasteiger partial charge in [0, 0.05) is 11.9 Å². The van der Waals surface area contributed by atoms with Gasteiger partial charge in [0.1, 0.15) is 5.57 Å². The molecule has 15 heavy (non-hydrogen) atoms. The van der Waals surface area contributed by atoms with Crippen LogP contribution in [0, 0.1) is 0 Å². The van der Waals surface area contributed by atoms with Gasteiger partial charge in [0.2, 0.25) is 0 Å². The second-order valence-corrected chi connectivity index (χ2v) is 3.17. The van der Waals surface area contributed by atoms with Crippen LogP contribution in [0.25, 0.3) is 5.57 Å². The number of carbonyl (C=O) groups is 1. The van der Waals surface area contributed by atoms with E-state index in [0.717, 1.165) is 6.42 Å². The summed E-state index contributed by atoms with van der Waals surface area (Å²) in [6.07, 6.45) is 2.94. The third-order valence-corrected chi connectivity index (χ3v) is 1.98. The highest BCUT2D eigenvalue weighted by molar-refractivity contribution is 6.15. The van der Waals surface area contributed by atoms with E-state index in [9.17, 15) is 4.79 Å². The SMILES string of the molecule is CCC/C(N)=C(\C(=O)O)c1ccccn1. The first-order valence-electron chi connectivity index (χ1n) is 4.80. The molecule has 0 unspecified atom stereocenters. The smallest absolute Gasteiger partial charge is 0.339 e. The minimum absolute atomic E-state index is 0.109. The lowest BCUT2D eigenvalue weighted by atomic mass is 10.1. The van der Waals surface area contributed by atoms with E-state index in [-0.39, 0.29) is 5.57 Å². The van der Waals surface area contributed by atoms with Crippen LogP contribution in [0.1, 0.15) is 25.5 Å². The fourth-order valence-corrected chi connectivity index (χ4v) is 1.32. The molecule has 0 aliphatic heterocycles. The number of hydrogen-bond donors (Lipinski definition) is 2. The number of hydrogen-bond acceptors (Lipinski definition) is 3. The molecule has 0 saturated heterocycles. The molecule has 1 rings (SSSR count). The largest absolute Gasteiger partial charge is 0.478 e. The molecule has 0 bridgehead atoms. The zero-order valence-electron chi connectivity index (χ0n) is 8.60. The number of nitrogens with two attached hydrogens (primary N) is 1. The zero-order chi connectivity index (χ0) is 11.3. The number of carboxylic acids is 1. The predicted octanol–water partition coefficient (Wildman–Crippen LogP) is 1.64. The van der Waals surface area contributed by atoms with Crippen LogP contribution in [-0.4, -0.2) is 16.1 Å². The van der Waals surface area contributed by atoms with E-state index in [2.05, 4.69) is 4.98 Å². The lowest BCUT2D eigenvalue weighted by Crippen LogP contribution is -2.10. The number of pyridine rings is 1. The average Bonchev–Trinajstić information content (AvgIpc) is 2.19. The van der Waals surface area contributed by atoms with Gasteiger partial charge in [0.15, 0.2) is 0 Å². The Labute approximate surface area is 88.4 Å². The summed E-state index contributed by atoms with van der Waals surface area (Å²) >= 11 is 0. The van der Waals surface area contributed by atoms with E-state index in [1.807, 2.05) is 6.92 Å². The van der Waals surface area contributed by atoms with Crippen molar-refractivity contribution in [2.24, 2.45) is 5.73 Å². The molecule has 0 aliphatic rings. The van der Waals surface area contributed by atoms with Crippen LogP contribution in [0.3, 0.4) is 0 Å². The number of rotatable bonds is 4. The summed E-state index contributed by atoms with van der Waals surface area (Å²) in [6, 6.07) is 5.12. The Kier molecular flexibility index (Phi) is 3.85. The summed E-state index contributed by atoms with van der Waals surface area (Å²) < 4.78 is 0. The van der Waals surface area contributed by atoms with Gasteiger partial charge in [-0.1, -0.05) is 19.4 Å². The van der Waals surface area contributed by atoms with Crippen molar-refractivity contribution >= 4 is 11.5 Å². The van der Waals surface area contributed by atoms with E-state index >= 15 is 0 Å². The van der Waals surface area contributed by atoms with Crippen molar-refractivity contribution < 1.29 is 9.90 Å². The van der Waals surface area contributed by atoms with Crippen LogP contribution in [0.2, 0.25) is 0 Å². The van der Waals surface area contributed by atoms with Gasteiger partial charge >= 0.3 is 5.97 Å². The first-order valence-corrected chi connectivity index (χ1v) is 4.80. The van der Waals surface area contributed by atoms with Crippen molar-refractivity contribution in [1.82, 2.24) is 4.98 Å². The van der Waals surface area contributed by atoms with Crippen molar-refractivity contribution in [2.45, 2.75) is 19.8 Å². The zero-order valence-corrected chi connectivity index (χ0v) is 8.60. The average molecular weight is 206 g/mol. The van der Waals surface area contributed by atoms with E-state index in [4.69, 9.17) is 10.8 Å². The molecule has 4 heteroatoms. The molecule has 0 amide bonds. The van der Waals surface area contributed by atoms with Crippen LogP contribution in [0.15, 0.2) is 30.1 Å². The van der Waals surface area contributed by atoms with Crippen LogP contribution in [0.4, 0.5) is 0 Å². The Morgan fingerprint density at radius 3 is 2.73 bits per heavy atom. The van der Waals surface area contributed by atoms with Crippen LogP contribution in [0.5, 0.6) is 0 Å². The molecule has 0 atom stereocenters. The number of allylic oxidation sites excluding steroid dienone is 1. The second kappa shape index (κ2) is 5.14. The molecular formula is C11H14N2O2. The Balaban J connectivity index is 3.15. The maximum atomic E-state index is 11.0. The third-order valence-electron chi connectivity index (χ3n) is 1.98. The summed E-state index contributed by atoms with van der Waals surface area (Å²) in [6.45, 7) is 1.95. The Morgan fingerprint density at radius 1 is 1.53 bits per heavy atom. The molecule has 3 N–H and O–H groups in total. The minimum atomic E-state index is -1.03. The maximum Gasteiger partial charge on any atom is 0.339 e. The predicted molar refractivity (Wildman–Crippen MR) is 57.9 cm³/mol. The molecule has 1 heterocycles. The fraction of sp³-hybridized carbons (Fsp3) is 0.273. The van der Waals surface area contributed by atoms with Crippen LogP contribution < -0.4 is 5.73 Å². The van der Waals surface area contributed by atoms with Gasteiger partial charge in [-0.15, -0.1) is 0 Å². The maximum absolute atomic E-state index is 11.0. The van der Waals surface area contributed by atoms with Crippen LogP contribution in [-0.2, 0) is 4.79 Å². The molecule has 0 radical (unpaired) electrons. The normalized spacial score (nSPS) is 12.1. The number of aromatic nitrogens is 1. The fourth-order valence-electron chi connectivity index (χ4n) is 1.32. The van der Waals surface area contributed by atoms with Gasteiger partial charge in [-0.05, 0) is 18.6 Å². The second-order valence-electron chi connectivity index (χ2n) is 3.17. The van der Waals surface area contributed by atoms with Crippen molar-refractivity contribution in [3.8, 4) is 0 Å². The lowest BCUT2D eigenvalue weighted by molar-refractivity contribution is -0.130. The Bertz CT molecular complexity index is 371. The number of aliphatic carboxylic acids is 1. The Hall–Kier alpha value is -1.84. The van der Waals surface area contributed by atoms with Crippen LogP contribution >= 0.6 is 0 Å². The monoisotopic (exact) mass is 206 g/mol. The minimum Gasteiger partial charge on any atom is -0.478 e. The van der Waals surface area contributed by atoms with Gasteiger partial charge < -0.3 is 10.8 Å². The quantitative estimate of drug-likeness (QED) is 0.734. The first-order chi connectivity index (χ1) is 7.16. The first kappa shape index (κ1) is 11.2. The van der Waals surface area contributed by atoms with Gasteiger partial charge in [-0.3, -0.25) is 4.98 Å². The van der Waals surface area contributed by atoms with E-state index in [1.54, 1.807) is 24.4 Å². The molecule has 4 nitrogen and oxygen atoms in total. The third kappa shape index (κ3) is 2.80. The summed E-state index contributed by atoms with van der Waals surface area (Å²) in [5.41, 5.74) is 6.62. The highest BCUT2D eigenvalue weighted by atomic mass is 16.4. The standard InChI is InChI=1S/C11H14N2O2/c1-2-5-8(12)10(11(14)15)9-6-3-4-7-13-9/h3-4,6-7H,2,5,12H2,1H3,(H,14,15)/b10-8+. The summed E-state index contributed by atoms with van der Waals surface area (Å²) in [5.74, 6) is -1.03. The highest BCUT2D eigenvalue weighted by Gasteiger charge is 2.15. The molecule has 0 saturated carbocycles. The number of carboxylic acid groups (broad SMARTS) is 1. The highest BCUT2D eigenvalue weighted by Crippen LogP contribution is 2.16. The lowest BCUT2D eigenvalue weighted by Gasteiger charge is -2.06. The molecule has 0 fully saturated rings. The van der Waals surface area contributed by atoms with E-state index in [1.165, 1.54) is 0 Å². The molecule has 0 aliphatic carbocycles.